The van der Waals surface area contributed by atoms with E-state index in [2.05, 4.69) is 23.0 Å². The highest BCUT2D eigenvalue weighted by Gasteiger charge is 2.22. The van der Waals surface area contributed by atoms with Crippen LogP contribution in [0.5, 0.6) is 0 Å². The van der Waals surface area contributed by atoms with Gasteiger partial charge in [-0.1, -0.05) is 24.3 Å². The number of nitrogens with zero attached hydrogens (tertiary/aromatic N) is 1. The topological polar surface area (TPSA) is 48.9 Å². The third kappa shape index (κ3) is 2.24. The number of aromatic amines is 1. The van der Waals surface area contributed by atoms with Crippen molar-refractivity contribution in [2.45, 2.75) is 33.3 Å². The highest BCUT2D eigenvalue weighted by molar-refractivity contribution is 5.65. The minimum Gasteiger partial charge on any atom is -0.383 e. The number of hydrogen-bond acceptors (Lipinski definition) is 2. The Kier molecular flexibility index (Phi) is 2.79. The van der Waals surface area contributed by atoms with Crippen molar-refractivity contribution in [2.24, 2.45) is 0 Å². The number of imidazole rings is 1. The standard InChI is InChI=1S/C14H18N2O/c1-9-7-5-6-8-11(9)12-10(2)15-13(16-12)14(3,4)17/h5-8,17H,1-4H3,(H,15,16). The Morgan fingerprint density at radius 2 is 1.82 bits per heavy atom. The van der Waals surface area contributed by atoms with Crippen molar-refractivity contribution in [2.75, 3.05) is 0 Å². The molecule has 0 unspecified atom stereocenters. The fourth-order valence-electron chi connectivity index (χ4n) is 1.85. The van der Waals surface area contributed by atoms with Crippen molar-refractivity contribution in [3.05, 3.63) is 41.3 Å². The SMILES string of the molecule is Cc1ccccc1-c1nc(C(C)(C)O)[nH]c1C. The fourth-order valence-corrected chi connectivity index (χ4v) is 1.85. The van der Waals surface area contributed by atoms with Gasteiger partial charge in [0, 0.05) is 11.3 Å². The van der Waals surface area contributed by atoms with Crippen molar-refractivity contribution in [3.63, 3.8) is 0 Å². The Hall–Kier alpha value is -1.61. The highest BCUT2D eigenvalue weighted by atomic mass is 16.3. The Morgan fingerprint density at radius 1 is 1.18 bits per heavy atom. The molecule has 3 nitrogen and oxygen atoms in total. The van der Waals surface area contributed by atoms with Gasteiger partial charge in [-0.3, -0.25) is 0 Å². The smallest absolute Gasteiger partial charge is 0.138 e. The van der Waals surface area contributed by atoms with E-state index in [0.717, 1.165) is 17.0 Å². The maximum atomic E-state index is 9.95. The molecule has 2 aromatic rings. The predicted octanol–water partition coefficient (Wildman–Crippen LogP) is 2.92. The second kappa shape index (κ2) is 4.00. The van der Waals surface area contributed by atoms with Gasteiger partial charge in [0.15, 0.2) is 0 Å². The molecule has 0 atom stereocenters. The molecular formula is C14H18N2O. The summed E-state index contributed by atoms with van der Waals surface area (Å²) in [6, 6.07) is 8.12. The maximum absolute atomic E-state index is 9.95. The third-order valence-electron chi connectivity index (χ3n) is 2.86. The van der Waals surface area contributed by atoms with Gasteiger partial charge in [0.25, 0.3) is 0 Å². The van der Waals surface area contributed by atoms with Crippen LogP contribution < -0.4 is 0 Å². The van der Waals surface area contributed by atoms with Crippen molar-refractivity contribution in [1.29, 1.82) is 0 Å². The molecule has 2 rings (SSSR count). The molecule has 1 aromatic carbocycles. The first-order chi connectivity index (χ1) is 7.89. The van der Waals surface area contributed by atoms with Crippen LogP contribution in [-0.2, 0) is 5.60 Å². The molecule has 1 aromatic heterocycles. The molecule has 0 spiro atoms. The number of aryl methyl sites for hydroxylation is 2. The van der Waals surface area contributed by atoms with Crippen LogP contribution in [0.2, 0.25) is 0 Å². The van der Waals surface area contributed by atoms with E-state index < -0.39 is 5.60 Å². The van der Waals surface area contributed by atoms with Crippen LogP contribution in [0.25, 0.3) is 11.3 Å². The number of nitrogens with one attached hydrogen (secondary N) is 1. The summed E-state index contributed by atoms with van der Waals surface area (Å²) in [5.41, 5.74) is 3.25. The van der Waals surface area contributed by atoms with E-state index in [9.17, 15) is 5.11 Å². The summed E-state index contributed by atoms with van der Waals surface area (Å²) in [7, 11) is 0. The number of H-pyrrole nitrogens is 1. The van der Waals surface area contributed by atoms with Gasteiger partial charge in [-0.05, 0) is 33.3 Å². The molecule has 0 amide bonds. The molecule has 0 radical (unpaired) electrons. The van der Waals surface area contributed by atoms with Crippen LogP contribution in [0.4, 0.5) is 0 Å². The lowest BCUT2D eigenvalue weighted by Crippen LogP contribution is -2.17. The number of hydrogen-bond donors (Lipinski definition) is 2. The highest BCUT2D eigenvalue weighted by Crippen LogP contribution is 2.27. The zero-order valence-corrected chi connectivity index (χ0v) is 10.7. The summed E-state index contributed by atoms with van der Waals surface area (Å²) in [5.74, 6) is 0.605. The third-order valence-corrected chi connectivity index (χ3v) is 2.86. The van der Waals surface area contributed by atoms with Gasteiger partial charge in [0.2, 0.25) is 0 Å². The van der Waals surface area contributed by atoms with Gasteiger partial charge in [0.05, 0.1) is 5.69 Å². The fraction of sp³-hybridized carbons (Fsp3) is 0.357. The van der Waals surface area contributed by atoms with E-state index in [1.165, 1.54) is 5.56 Å². The average molecular weight is 230 g/mol. The summed E-state index contributed by atoms with van der Waals surface area (Å²) in [5, 5.41) is 9.95. The Morgan fingerprint density at radius 3 is 2.35 bits per heavy atom. The molecule has 0 bridgehead atoms. The number of aromatic nitrogens is 2. The summed E-state index contributed by atoms with van der Waals surface area (Å²) in [4.78, 5) is 7.66. The first-order valence-electron chi connectivity index (χ1n) is 5.75. The van der Waals surface area contributed by atoms with Crippen LogP contribution >= 0.6 is 0 Å². The lowest BCUT2D eigenvalue weighted by Gasteiger charge is -2.12. The molecule has 0 aliphatic heterocycles. The van der Waals surface area contributed by atoms with Gasteiger partial charge in [0.1, 0.15) is 11.4 Å². The molecule has 0 aliphatic carbocycles. The van der Waals surface area contributed by atoms with E-state index in [1.807, 2.05) is 25.1 Å². The normalized spacial score (nSPS) is 11.8. The molecular weight excluding hydrogens is 212 g/mol. The zero-order chi connectivity index (χ0) is 12.6. The van der Waals surface area contributed by atoms with Crippen LogP contribution in [0, 0.1) is 13.8 Å². The minimum atomic E-state index is -0.939. The van der Waals surface area contributed by atoms with E-state index in [1.54, 1.807) is 13.8 Å². The maximum Gasteiger partial charge on any atom is 0.138 e. The molecule has 0 fully saturated rings. The zero-order valence-electron chi connectivity index (χ0n) is 10.7. The minimum absolute atomic E-state index is 0.605. The second-order valence-electron chi connectivity index (χ2n) is 4.93. The van der Waals surface area contributed by atoms with Gasteiger partial charge < -0.3 is 10.1 Å². The Balaban J connectivity index is 2.55. The summed E-state index contributed by atoms with van der Waals surface area (Å²) in [6.45, 7) is 7.50. The van der Waals surface area contributed by atoms with E-state index in [-0.39, 0.29) is 0 Å². The summed E-state index contributed by atoms with van der Waals surface area (Å²) < 4.78 is 0. The number of rotatable bonds is 2. The largest absolute Gasteiger partial charge is 0.383 e. The van der Waals surface area contributed by atoms with Crippen LogP contribution in [0.1, 0.15) is 30.9 Å². The van der Waals surface area contributed by atoms with Gasteiger partial charge in [-0.2, -0.15) is 0 Å². The number of aliphatic hydroxyl groups is 1. The van der Waals surface area contributed by atoms with E-state index in [4.69, 9.17) is 0 Å². The molecule has 2 N–H and O–H groups in total. The van der Waals surface area contributed by atoms with Crippen molar-refractivity contribution in [3.8, 4) is 11.3 Å². The lowest BCUT2D eigenvalue weighted by atomic mass is 10.1. The Labute approximate surface area is 102 Å². The molecule has 3 heteroatoms. The van der Waals surface area contributed by atoms with E-state index >= 15 is 0 Å². The lowest BCUT2D eigenvalue weighted by molar-refractivity contribution is 0.0696. The first kappa shape index (κ1) is 11.9. The second-order valence-corrected chi connectivity index (χ2v) is 4.93. The molecule has 0 saturated heterocycles. The van der Waals surface area contributed by atoms with E-state index in [0.29, 0.717) is 5.82 Å². The van der Waals surface area contributed by atoms with Gasteiger partial charge in [-0.15, -0.1) is 0 Å². The van der Waals surface area contributed by atoms with Crippen LogP contribution in [-0.4, -0.2) is 15.1 Å². The molecule has 0 saturated carbocycles. The monoisotopic (exact) mass is 230 g/mol. The predicted molar refractivity (Wildman–Crippen MR) is 68.7 cm³/mol. The van der Waals surface area contributed by atoms with Crippen LogP contribution in [0.15, 0.2) is 24.3 Å². The summed E-state index contributed by atoms with van der Waals surface area (Å²) in [6.07, 6.45) is 0. The molecule has 1 heterocycles. The average Bonchev–Trinajstić information content (AvgIpc) is 2.61. The van der Waals surface area contributed by atoms with Gasteiger partial charge in [-0.25, -0.2) is 4.98 Å². The quantitative estimate of drug-likeness (QED) is 0.833. The van der Waals surface area contributed by atoms with Crippen molar-refractivity contribution < 1.29 is 5.11 Å². The molecule has 90 valence electrons. The van der Waals surface area contributed by atoms with Crippen LogP contribution in [0.3, 0.4) is 0 Å². The Bertz CT molecular complexity index is 535. The summed E-state index contributed by atoms with van der Waals surface area (Å²) >= 11 is 0. The van der Waals surface area contributed by atoms with Gasteiger partial charge >= 0.3 is 0 Å². The molecule has 0 aliphatic rings. The molecule has 17 heavy (non-hydrogen) atoms. The first-order valence-corrected chi connectivity index (χ1v) is 5.75. The number of benzene rings is 1. The van der Waals surface area contributed by atoms with Crippen molar-refractivity contribution in [1.82, 2.24) is 9.97 Å². The van der Waals surface area contributed by atoms with Crippen molar-refractivity contribution >= 4 is 0 Å².